The van der Waals surface area contributed by atoms with E-state index < -0.39 is 0 Å². The highest BCUT2D eigenvalue weighted by Crippen LogP contribution is 2.16. The number of carbonyl (C=O) groups is 1. The molecule has 1 aromatic carbocycles. The molecule has 0 amide bonds. The molecule has 0 aromatic heterocycles. The third kappa shape index (κ3) is 5.77. The maximum atomic E-state index is 11.6. The molecule has 0 saturated carbocycles. The molecule has 0 aliphatic rings. The summed E-state index contributed by atoms with van der Waals surface area (Å²) >= 11 is 0. The molecule has 3 heteroatoms. The van der Waals surface area contributed by atoms with Crippen molar-refractivity contribution in [3.63, 3.8) is 0 Å². The summed E-state index contributed by atoms with van der Waals surface area (Å²) < 4.78 is 4.77. The second-order valence-corrected chi connectivity index (χ2v) is 4.73. The highest BCUT2D eigenvalue weighted by atomic mass is 16.5. The van der Waals surface area contributed by atoms with Crippen LogP contribution < -0.4 is 5.32 Å². The summed E-state index contributed by atoms with van der Waals surface area (Å²) in [4.78, 5) is 11.6. The van der Waals surface area contributed by atoms with Crippen molar-refractivity contribution in [2.24, 2.45) is 0 Å². The van der Waals surface area contributed by atoms with E-state index in [0.29, 0.717) is 5.56 Å². The predicted molar refractivity (Wildman–Crippen MR) is 79.6 cm³/mol. The van der Waals surface area contributed by atoms with E-state index in [1.54, 1.807) is 6.07 Å². The summed E-state index contributed by atoms with van der Waals surface area (Å²) in [5.41, 5.74) is 1.47. The fourth-order valence-corrected chi connectivity index (χ4v) is 2.05. The van der Waals surface area contributed by atoms with Crippen LogP contribution >= 0.6 is 0 Å². The quantitative estimate of drug-likeness (QED) is 0.535. The molecule has 0 radical (unpaired) electrons. The minimum atomic E-state index is -0.286. The molecule has 0 saturated heterocycles. The van der Waals surface area contributed by atoms with Gasteiger partial charge in [-0.3, -0.25) is 0 Å². The van der Waals surface area contributed by atoms with Gasteiger partial charge in [0.2, 0.25) is 0 Å². The minimum absolute atomic E-state index is 0.286. The van der Waals surface area contributed by atoms with Crippen molar-refractivity contribution < 1.29 is 9.53 Å². The van der Waals surface area contributed by atoms with Gasteiger partial charge in [0.1, 0.15) is 0 Å². The van der Waals surface area contributed by atoms with Crippen LogP contribution in [0.5, 0.6) is 0 Å². The first-order valence-electron chi connectivity index (χ1n) is 7.20. The van der Waals surface area contributed by atoms with Crippen LogP contribution in [-0.4, -0.2) is 19.6 Å². The van der Waals surface area contributed by atoms with Crippen LogP contribution in [0.2, 0.25) is 0 Å². The summed E-state index contributed by atoms with van der Waals surface area (Å²) in [6.45, 7) is 3.13. The van der Waals surface area contributed by atoms with Gasteiger partial charge in [-0.15, -0.1) is 0 Å². The zero-order valence-corrected chi connectivity index (χ0v) is 12.1. The van der Waals surface area contributed by atoms with Crippen LogP contribution in [0.1, 0.15) is 55.8 Å². The van der Waals surface area contributed by atoms with Gasteiger partial charge in [0.25, 0.3) is 0 Å². The number of rotatable bonds is 9. The number of hydrogen-bond acceptors (Lipinski definition) is 3. The fourth-order valence-electron chi connectivity index (χ4n) is 2.05. The van der Waals surface area contributed by atoms with Crippen LogP contribution in [0.3, 0.4) is 0 Å². The van der Waals surface area contributed by atoms with Crippen LogP contribution in [0.4, 0.5) is 5.69 Å². The predicted octanol–water partition coefficient (Wildman–Crippen LogP) is 4.25. The van der Waals surface area contributed by atoms with Crippen LogP contribution in [0, 0.1) is 0 Å². The van der Waals surface area contributed by atoms with Crippen molar-refractivity contribution in [1.82, 2.24) is 0 Å². The van der Waals surface area contributed by atoms with E-state index >= 15 is 0 Å². The largest absolute Gasteiger partial charge is 0.465 e. The van der Waals surface area contributed by atoms with Crippen LogP contribution in [0.15, 0.2) is 24.3 Å². The molecule has 0 atom stereocenters. The number of benzene rings is 1. The van der Waals surface area contributed by atoms with Gasteiger partial charge in [-0.25, -0.2) is 4.79 Å². The van der Waals surface area contributed by atoms with Gasteiger partial charge in [0, 0.05) is 12.2 Å². The molecule has 0 spiro atoms. The number of carbonyl (C=O) groups excluding carboxylic acids is 1. The molecule has 0 aliphatic carbocycles. The number of anilines is 1. The summed E-state index contributed by atoms with van der Waals surface area (Å²) in [5, 5.41) is 3.32. The molecule has 0 fully saturated rings. The highest BCUT2D eigenvalue weighted by molar-refractivity contribution is 5.95. The minimum Gasteiger partial charge on any atom is -0.465 e. The first kappa shape index (κ1) is 15.5. The topological polar surface area (TPSA) is 38.3 Å². The lowest BCUT2D eigenvalue weighted by Gasteiger charge is -2.10. The van der Waals surface area contributed by atoms with Crippen molar-refractivity contribution >= 4 is 11.7 Å². The second-order valence-electron chi connectivity index (χ2n) is 4.73. The van der Waals surface area contributed by atoms with Gasteiger partial charge in [-0.1, -0.05) is 51.2 Å². The molecule has 3 nitrogen and oxygen atoms in total. The summed E-state index contributed by atoms with van der Waals surface area (Å²) in [6.07, 6.45) is 7.62. The normalized spacial score (nSPS) is 10.2. The highest BCUT2D eigenvalue weighted by Gasteiger charge is 2.09. The Morgan fingerprint density at radius 2 is 1.79 bits per heavy atom. The average molecular weight is 263 g/mol. The molecule has 0 heterocycles. The SMILES string of the molecule is CCCCCCCCNc1ccccc1C(=O)OC. The lowest BCUT2D eigenvalue weighted by atomic mass is 10.1. The molecule has 0 aliphatic heterocycles. The van der Waals surface area contributed by atoms with Crippen LogP contribution in [-0.2, 0) is 4.74 Å². The number of para-hydroxylation sites is 1. The number of esters is 1. The average Bonchev–Trinajstić information content (AvgIpc) is 2.46. The number of hydrogen-bond donors (Lipinski definition) is 1. The third-order valence-corrected chi connectivity index (χ3v) is 3.18. The number of ether oxygens (including phenoxy) is 1. The van der Waals surface area contributed by atoms with Crippen molar-refractivity contribution in [3.05, 3.63) is 29.8 Å². The van der Waals surface area contributed by atoms with E-state index in [1.165, 1.54) is 39.2 Å². The Hall–Kier alpha value is -1.51. The van der Waals surface area contributed by atoms with E-state index in [0.717, 1.165) is 18.7 Å². The molecule has 1 rings (SSSR count). The molecule has 106 valence electrons. The molecule has 19 heavy (non-hydrogen) atoms. The van der Waals surface area contributed by atoms with Crippen molar-refractivity contribution in [2.45, 2.75) is 45.4 Å². The van der Waals surface area contributed by atoms with Crippen molar-refractivity contribution in [1.29, 1.82) is 0 Å². The molecule has 0 unspecified atom stereocenters. The Morgan fingerprint density at radius 1 is 1.11 bits per heavy atom. The number of methoxy groups -OCH3 is 1. The zero-order valence-electron chi connectivity index (χ0n) is 12.1. The van der Waals surface area contributed by atoms with Crippen molar-refractivity contribution in [3.8, 4) is 0 Å². The standard InChI is InChI=1S/C16H25NO2/c1-3-4-5-6-7-10-13-17-15-12-9-8-11-14(15)16(18)19-2/h8-9,11-12,17H,3-7,10,13H2,1-2H3. The zero-order chi connectivity index (χ0) is 13.9. The Bertz CT molecular complexity index is 377. The Morgan fingerprint density at radius 3 is 2.53 bits per heavy atom. The van der Waals surface area contributed by atoms with E-state index in [-0.39, 0.29) is 5.97 Å². The van der Waals surface area contributed by atoms with E-state index in [2.05, 4.69) is 12.2 Å². The second kappa shape index (κ2) is 9.42. The molecule has 1 aromatic rings. The molecular weight excluding hydrogens is 238 g/mol. The lowest BCUT2D eigenvalue weighted by Crippen LogP contribution is -2.09. The Labute approximate surface area is 116 Å². The van der Waals surface area contributed by atoms with E-state index in [9.17, 15) is 4.79 Å². The summed E-state index contributed by atoms with van der Waals surface area (Å²) in [6, 6.07) is 7.48. The number of nitrogens with one attached hydrogen (secondary N) is 1. The van der Waals surface area contributed by atoms with Crippen molar-refractivity contribution in [2.75, 3.05) is 19.0 Å². The van der Waals surface area contributed by atoms with Gasteiger partial charge < -0.3 is 10.1 Å². The van der Waals surface area contributed by atoms with E-state index in [1.807, 2.05) is 18.2 Å². The van der Waals surface area contributed by atoms with Gasteiger partial charge in [-0.2, -0.15) is 0 Å². The fraction of sp³-hybridized carbons (Fsp3) is 0.562. The van der Waals surface area contributed by atoms with Gasteiger partial charge in [-0.05, 0) is 18.6 Å². The van der Waals surface area contributed by atoms with E-state index in [4.69, 9.17) is 4.74 Å². The monoisotopic (exact) mass is 263 g/mol. The van der Waals surface area contributed by atoms with Crippen LogP contribution in [0.25, 0.3) is 0 Å². The molecule has 1 N–H and O–H groups in total. The summed E-state index contributed by atoms with van der Waals surface area (Å²) in [7, 11) is 1.41. The van der Waals surface area contributed by atoms with Gasteiger partial charge >= 0.3 is 5.97 Å². The Kier molecular flexibility index (Phi) is 7.71. The van der Waals surface area contributed by atoms with Gasteiger partial charge in [0.15, 0.2) is 0 Å². The smallest absolute Gasteiger partial charge is 0.339 e. The molecule has 0 bridgehead atoms. The number of unbranched alkanes of at least 4 members (excludes halogenated alkanes) is 5. The maximum absolute atomic E-state index is 11.6. The Balaban J connectivity index is 2.31. The lowest BCUT2D eigenvalue weighted by molar-refractivity contribution is 0.0602. The summed E-state index contributed by atoms with van der Waals surface area (Å²) in [5.74, 6) is -0.286. The third-order valence-electron chi connectivity index (χ3n) is 3.18. The first-order chi connectivity index (χ1) is 9.29. The van der Waals surface area contributed by atoms with Gasteiger partial charge in [0.05, 0.1) is 12.7 Å². The maximum Gasteiger partial charge on any atom is 0.339 e. The first-order valence-corrected chi connectivity index (χ1v) is 7.20. The molecular formula is C16H25NO2.